The second-order valence-electron chi connectivity index (χ2n) is 4.69. The van der Waals surface area contributed by atoms with Gasteiger partial charge in [-0.25, -0.2) is 21.9 Å². The fourth-order valence-electron chi connectivity index (χ4n) is 1.96. The first kappa shape index (κ1) is 15.2. The van der Waals surface area contributed by atoms with Gasteiger partial charge < -0.3 is 0 Å². The lowest BCUT2D eigenvalue weighted by Crippen LogP contribution is -2.13. The summed E-state index contributed by atoms with van der Waals surface area (Å²) < 4.78 is 54.2. The molecule has 1 aromatic heterocycles. The van der Waals surface area contributed by atoms with Crippen molar-refractivity contribution in [2.24, 2.45) is 0 Å². The lowest BCUT2D eigenvalue weighted by molar-refractivity contribution is 0.504. The summed E-state index contributed by atoms with van der Waals surface area (Å²) >= 11 is 0. The summed E-state index contributed by atoms with van der Waals surface area (Å²) in [5, 5.41) is 4.05. The van der Waals surface area contributed by atoms with Crippen molar-refractivity contribution in [1.82, 2.24) is 9.78 Å². The zero-order valence-corrected chi connectivity index (χ0v) is 12.5. The molecule has 0 bridgehead atoms. The van der Waals surface area contributed by atoms with E-state index in [4.69, 9.17) is 0 Å². The molecular weight excluding hydrogens is 324 g/mol. The number of para-hydroxylation sites is 1. The minimum Gasteiger partial charge on any atom is -0.276 e. The molecule has 23 heavy (non-hydrogen) atoms. The Bertz CT molecular complexity index is 940. The molecule has 1 heterocycles. The summed E-state index contributed by atoms with van der Waals surface area (Å²) in [7, 11) is -4.03. The molecule has 0 unspecified atom stereocenters. The monoisotopic (exact) mass is 335 g/mol. The molecule has 0 atom stereocenters. The molecule has 1 N–H and O–H groups in total. The lowest BCUT2D eigenvalue weighted by Gasteiger charge is -2.06. The Morgan fingerprint density at radius 2 is 1.74 bits per heavy atom. The third kappa shape index (κ3) is 3.21. The fourth-order valence-corrected chi connectivity index (χ4v) is 2.99. The number of sulfonamides is 1. The van der Waals surface area contributed by atoms with Gasteiger partial charge in [0, 0.05) is 0 Å². The van der Waals surface area contributed by atoms with Gasteiger partial charge in [-0.3, -0.25) is 4.72 Å². The van der Waals surface area contributed by atoms with E-state index in [0.717, 1.165) is 17.8 Å². The topological polar surface area (TPSA) is 64.0 Å². The first-order chi connectivity index (χ1) is 11.0. The number of halogens is 2. The van der Waals surface area contributed by atoms with E-state index in [2.05, 4.69) is 9.82 Å². The van der Waals surface area contributed by atoms with Gasteiger partial charge >= 0.3 is 0 Å². The third-order valence-electron chi connectivity index (χ3n) is 3.06. The van der Waals surface area contributed by atoms with Crippen molar-refractivity contribution < 1.29 is 17.2 Å². The molecule has 0 aliphatic heterocycles. The number of benzene rings is 2. The number of rotatable bonds is 4. The normalized spacial score (nSPS) is 11.4. The van der Waals surface area contributed by atoms with Crippen molar-refractivity contribution in [2.45, 2.75) is 4.90 Å². The lowest BCUT2D eigenvalue weighted by atomic mass is 10.3. The average Bonchev–Trinajstić information content (AvgIpc) is 2.98. The van der Waals surface area contributed by atoms with E-state index in [1.807, 2.05) is 18.2 Å². The number of anilines is 1. The summed E-state index contributed by atoms with van der Waals surface area (Å²) in [5.41, 5.74) is 0.962. The molecule has 0 fully saturated rings. The highest BCUT2D eigenvalue weighted by atomic mass is 32.2. The summed E-state index contributed by atoms with van der Waals surface area (Å²) in [6, 6.07) is 11.5. The van der Waals surface area contributed by atoms with Crippen molar-refractivity contribution in [3.8, 4) is 5.69 Å². The summed E-state index contributed by atoms with van der Waals surface area (Å²) in [6.45, 7) is 0. The first-order valence-corrected chi connectivity index (χ1v) is 8.02. The number of nitrogens with zero attached hydrogens (tertiary/aromatic N) is 2. The number of hydrogen-bond acceptors (Lipinski definition) is 3. The SMILES string of the molecule is O=S(=O)(Nc1cnn(-c2ccccc2)c1)c1ccc(F)c(F)c1. The predicted octanol–water partition coefficient (Wildman–Crippen LogP) is 2.95. The second kappa shape index (κ2) is 5.81. The molecule has 118 valence electrons. The van der Waals surface area contributed by atoms with Crippen LogP contribution in [-0.2, 0) is 10.0 Å². The Kier molecular flexibility index (Phi) is 3.83. The second-order valence-corrected chi connectivity index (χ2v) is 6.37. The van der Waals surface area contributed by atoms with Crippen LogP contribution in [0.5, 0.6) is 0 Å². The smallest absolute Gasteiger partial charge is 0.262 e. The van der Waals surface area contributed by atoms with Gasteiger partial charge in [-0.1, -0.05) is 18.2 Å². The largest absolute Gasteiger partial charge is 0.276 e. The minimum absolute atomic E-state index is 0.207. The molecule has 3 aromatic rings. The van der Waals surface area contributed by atoms with Crippen molar-refractivity contribution in [2.75, 3.05) is 4.72 Å². The molecule has 0 saturated carbocycles. The molecule has 5 nitrogen and oxygen atoms in total. The minimum atomic E-state index is -4.03. The fraction of sp³-hybridized carbons (Fsp3) is 0. The Morgan fingerprint density at radius 3 is 2.43 bits per heavy atom. The van der Waals surface area contributed by atoms with E-state index >= 15 is 0 Å². The molecule has 2 aromatic carbocycles. The highest BCUT2D eigenvalue weighted by molar-refractivity contribution is 7.92. The van der Waals surface area contributed by atoms with Gasteiger partial charge in [-0.15, -0.1) is 0 Å². The van der Waals surface area contributed by atoms with Crippen LogP contribution in [0.2, 0.25) is 0 Å². The molecule has 3 rings (SSSR count). The Balaban J connectivity index is 1.86. The quantitative estimate of drug-likeness (QED) is 0.797. The van der Waals surface area contributed by atoms with Crippen molar-refractivity contribution in [1.29, 1.82) is 0 Å². The maximum absolute atomic E-state index is 13.2. The van der Waals surface area contributed by atoms with Crippen LogP contribution < -0.4 is 4.72 Å². The van der Waals surface area contributed by atoms with Crippen LogP contribution in [0.25, 0.3) is 5.69 Å². The van der Waals surface area contributed by atoms with E-state index in [0.29, 0.717) is 6.07 Å². The van der Waals surface area contributed by atoms with Gasteiger partial charge in [0.2, 0.25) is 0 Å². The molecule has 0 aliphatic rings. The molecule has 0 radical (unpaired) electrons. The highest BCUT2D eigenvalue weighted by Gasteiger charge is 2.17. The molecule has 0 saturated heterocycles. The third-order valence-corrected chi connectivity index (χ3v) is 4.44. The standard InChI is InChI=1S/C15H11F2N3O2S/c16-14-7-6-13(8-15(14)17)23(21,22)19-11-9-18-20(10-11)12-4-2-1-3-5-12/h1-10,19H. The zero-order valence-electron chi connectivity index (χ0n) is 11.6. The van der Waals surface area contributed by atoms with E-state index in [1.54, 1.807) is 12.1 Å². The first-order valence-electron chi connectivity index (χ1n) is 6.54. The Labute approximate surface area is 131 Å². The molecule has 0 amide bonds. The summed E-state index contributed by atoms with van der Waals surface area (Å²) in [4.78, 5) is -0.371. The number of aromatic nitrogens is 2. The van der Waals surface area contributed by atoms with Crippen LogP contribution in [-0.4, -0.2) is 18.2 Å². The van der Waals surface area contributed by atoms with Gasteiger partial charge in [-0.2, -0.15) is 5.10 Å². The molecule has 0 spiro atoms. The van der Waals surface area contributed by atoms with Gasteiger partial charge in [-0.05, 0) is 30.3 Å². The van der Waals surface area contributed by atoms with Crippen LogP contribution in [0, 0.1) is 11.6 Å². The van der Waals surface area contributed by atoms with Crippen molar-refractivity contribution >= 4 is 15.7 Å². The van der Waals surface area contributed by atoms with Gasteiger partial charge in [0.1, 0.15) is 0 Å². The molecule has 8 heteroatoms. The van der Waals surface area contributed by atoms with E-state index in [-0.39, 0.29) is 10.6 Å². The Hall–Kier alpha value is -2.74. The predicted molar refractivity (Wildman–Crippen MR) is 80.7 cm³/mol. The van der Waals surface area contributed by atoms with Gasteiger partial charge in [0.25, 0.3) is 10.0 Å². The molecule has 0 aliphatic carbocycles. The van der Waals surface area contributed by atoms with Crippen molar-refractivity contribution in [3.63, 3.8) is 0 Å². The van der Waals surface area contributed by atoms with E-state index < -0.39 is 21.7 Å². The van der Waals surface area contributed by atoms with Crippen LogP contribution in [0.3, 0.4) is 0 Å². The van der Waals surface area contributed by atoms with E-state index in [1.165, 1.54) is 17.1 Å². The average molecular weight is 335 g/mol. The maximum Gasteiger partial charge on any atom is 0.262 e. The zero-order chi connectivity index (χ0) is 16.4. The molecular formula is C15H11F2N3O2S. The Morgan fingerprint density at radius 1 is 1.00 bits per heavy atom. The van der Waals surface area contributed by atoms with Crippen LogP contribution in [0.15, 0.2) is 65.8 Å². The van der Waals surface area contributed by atoms with Gasteiger partial charge in [0.05, 0.1) is 28.7 Å². The summed E-state index contributed by atoms with van der Waals surface area (Å²) in [5.74, 6) is -2.34. The van der Waals surface area contributed by atoms with Crippen molar-refractivity contribution in [3.05, 3.63) is 72.6 Å². The van der Waals surface area contributed by atoms with Crippen LogP contribution >= 0.6 is 0 Å². The maximum atomic E-state index is 13.2. The summed E-state index contributed by atoms with van der Waals surface area (Å²) in [6.07, 6.45) is 2.80. The van der Waals surface area contributed by atoms with Gasteiger partial charge in [0.15, 0.2) is 11.6 Å². The number of hydrogen-bond donors (Lipinski definition) is 1. The van der Waals surface area contributed by atoms with E-state index in [9.17, 15) is 17.2 Å². The van der Waals surface area contributed by atoms with Crippen LogP contribution in [0.1, 0.15) is 0 Å². The highest BCUT2D eigenvalue weighted by Crippen LogP contribution is 2.19. The number of nitrogens with one attached hydrogen (secondary N) is 1. The van der Waals surface area contributed by atoms with Crippen LogP contribution in [0.4, 0.5) is 14.5 Å².